The number of benzene rings is 2. The van der Waals surface area contributed by atoms with Crippen LogP contribution in [-0.4, -0.2) is 45.0 Å². The van der Waals surface area contributed by atoms with E-state index in [-0.39, 0.29) is 17.8 Å². The zero-order chi connectivity index (χ0) is 21.5. The number of rotatable bonds is 4. The number of carbonyl (C=O) groups excluding carboxylic acids is 1. The fraction of sp³-hybridized carbons (Fsp3) is 0.200. The Morgan fingerprint density at radius 1 is 1.16 bits per heavy atom. The molecule has 1 fully saturated rings. The lowest BCUT2D eigenvalue weighted by Gasteiger charge is -2.19. The number of fused-ring (bicyclic) bond motifs is 1. The molecule has 31 heavy (non-hydrogen) atoms. The molecular formula is C20H17Cl2N7O2. The van der Waals surface area contributed by atoms with Gasteiger partial charge >= 0.3 is 0 Å². The minimum absolute atomic E-state index is 0.0490. The molecule has 0 bridgehead atoms. The van der Waals surface area contributed by atoms with Gasteiger partial charge in [-0.15, -0.1) is 10.2 Å². The van der Waals surface area contributed by atoms with Crippen LogP contribution < -0.4 is 16.0 Å². The van der Waals surface area contributed by atoms with Crippen molar-refractivity contribution in [1.29, 1.82) is 0 Å². The standard InChI is InChI=1S/C20H17Cl2N7O2/c21-14-3-4-16(18-17(14)19(23)27-31-18)28-6-5-11(8-28)26-20(30)13-2-1-12(7-15(13)22)29-9-24-25-10-29/h1-4,7,9-11H,5-6,8H2,(H2,23,27)(H,26,30)/t11-/m1/s1. The highest BCUT2D eigenvalue weighted by Gasteiger charge is 2.28. The van der Waals surface area contributed by atoms with E-state index in [4.69, 9.17) is 33.5 Å². The summed E-state index contributed by atoms with van der Waals surface area (Å²) in [4.78, 5) is 14.9. The lowest BCUT2D eigenvalue weighted by molar-refractivity contribution is 0.0940. The van der Waals surface area contributed by atoms with Gasteiger partial charge in [-0.1, -0.05) is 28.4 Å². The Kier molecular flexibility index (Phi) is 4.91. The quantitative estimate of drug-likeness (QED) is 0.482. The number of aromatic nitrogens is 4. The topological polar surface area (TPSA) is 115 Å². The third-order valence-corrected chi connectivity index (χ3v) is 5.98. The van der Waals surface area contributed by atoms with E-state index < -0.39 is 0 Å². The number of halogens is 2. The van der Waals surface area contributed by atoms with E-state index in [1.54, 1.807) is 41.5 Å². The van der Waals surface area contributed by atoms with Gasteiger partial charge in [0, 0.05) is 24.8 Å². The van der Waals surface area contributed by atoms with Gasteiger partial charge in [0.25, 0.3) is 5.91 Å². The van der Waals surface area contributed by atoms with Crippen LogP contribution in [0.2, 0.25) is 10.0 Å². The van der Waals surface area contributed by atoms with Gasteiger partial charge in [-0.2, -0.15) is 0 Å². The highest BCUT2D eigenvalue weighted by Crippen LogP contribution is 2.36. The smallest absolute Gasteiger partial charge is 0.253 e. The van der Waals surface area contributed by atoms with Crippen LogP contribution >= 0.6 is 23.2 Å². The van der Waals surface area contributed by atoms with Crippen molar-refractivity contribution in [2.45, 2.75) is 12.5 Å². The number of nitrogens with one attached hydrogen (secondary N) is 1. The van der Waals surface area contributed by atoms with Gasteiger partial charge in [0.2, 0.25) is 0 Å². The van der Waals surface area contributed by atoms with E-state index in [2.05, 4.69) is 25.6 Å². The van der Waals surface area contributed by atoms with E-state index >= 15 is 0 Å². The van der Waals surface area contributed by atoms with Crippen LogP contribution in [0.25, 0.3) is 16.7 Å². The summed E-state index contributed by atoms with van der Waals surface area (Å²) in [6.07, 6.45) is 3.90. The third kappa shape index (κ3) is 3.55. The Balaban J connectivity index is 1.30. The Morgan fingerprint density at radius 2 is 1.97 bits per heavy atom. The fourth-order valence-corrected chi connectivity index (χ4v) is 4.32. The minimum Gasteiger partial charge on any atom is -0.380 e. The molecular weight excluding hydrogens is 441 g/mol. The molecule has 3 heterocycles. The first kappa shape index (κ1) is 19.7. The lowest BCUT2D eigenvalue weighted by atomic mass is 10.1. The van der Waals surface area contributed by atoms with Crippen molar-refractivity contribution < 1.29 is 9.32 Å². The number of hydrogen-bond acceptors (Lipinski definition) is 7. The highest BCUT2D eigenvalue weighted by atomic mass is 35.5. The second kappa shape index (κ2) is 7.75. The maximum atomic E-state index is 12.8. The maximum absolute atomic E-state index is 12.8. The monoisotopic (exact) mass is 457 g/mol. The summed E-state index contributed by atoms with van der Waals surface area (Å²) in [5.41, 5.74) is 8.45. The van der Waals surface area contributed by atoms with E-state index in [1.165, 1.54) is 0 Å². The van der Waals surface area contributed by atoms with Crippen LogP contribution in [0.4, 0.5) is 11.5 Å². The molecule has 2 aromatic carbocycles. The average Bonchev–Trinajstić information content (AvgIpc) is 3.50. The largest absolute Gasteiger partial charge is 0.380 e. The molecule has 3 N–H and O–H groups in total. The normalized spacial score (nSPS) is 16.2. The van der Waals surface area contributed by atoms with E-state index in [9.17, 15) is 4.79 Å². The first-order valence-electron chi connectivity index (χ1n) is 9.55. The summed E-state index contributed by atoms with van der Waals surface area (Å²) < 4.78 is 7.11. The Hall–Kier alpha value is -3.30. The van der Waals surface area contributed by atoms with Gasteiger partial charge in [-0.25, -0.2) is 0 Å². The van der Waals surface area contributed by atoms with Crippen LogP contribution in [0, 0.1) is 0 Å². The van der Waals surface area contributed by atoms with Gasteiger partial charge in [0.05, 0.1) is 26.7 Å². The Bertz CT molecular complexity index is 1270. The van der Waals surface area contributed by atoms with Gasteiger partial charge in [-0.05, 0) is 36.8 Å². The molecule has 1 aliphatic heterocycles. The van der Waals surface area contributed by atoms with Crippen LogP contribution in [-0.2, 0) is 0 Å². The second-order valence-corrected chi connectivity index (χ2v) is 8.09. The SMILES string of the molecule is Nc1noc2c(N3CC[C@@H](NC(=O)c4ccc(-n5cnnc5)cc4Cl)C3)ccc(Cl)c12. The van der Waals surface area contributed by atoms with Crippen LogP contribution in [0.1, 0.15) is 16.8 Å². The Morgan fingerprint density at radius 3 is 2.74 bits per heavy atom. The Labute approximate surface area is 186 Å². The molecule has 9 nitrogen and oxygen atoms in total. The van der Waals surface area contributed by atoms with E-state index in [1.807, 2.05) is 6.07 Å². The van der Waals surface area contributed by atoms with Crippen LogP contribution in [0.5, 0.6) is 0 Å². The van der Waals surface area contributed by atoms with Gasteiger partial charge in [0.1, 0.15) is 12.7 Å². The van der Waals surface area contributed by atoms with Crippen molar-refractivity contribution >= 4 is 51.6 Å². The first-order valence-corrected chi connectivity index (χ1v) is 10.3. The van der Waals surface area contributed by atoms with Crippen molar-refractivity contribution in [2.75, 3.05) is 23.7 Å². The zero-order valence-electron chi connectivity index (χ0n) is 16.1. The van der Waals surface area contributed by atoms with Gasteiger partial charge in [0.15, 0.2) is 11.4 Å². The van der Waals surface area contributed by atoms with Gasteiger partial charge in [-0.3, -0.25) is 9.36 Å². The third-order valence-electron chi connectivity index (χ3n) is 5.36. The summed E-state index contributed by atoms with van der Waals surface area (Å²) >= 11 is 12.6. The average molecular weight is 458 g/mol. The number of nitrogen functional groups attached to an aromatic ring is 1. The first-order chi connectivity index (χ1) is 15.0. The molecule has 2 aromatic heterocycles. The van der Waals surface area contributed by atoms with E-state index in [0.29, 0.717) is 33.1 Å². The molecule has 1 saturated heterocycles. The second-order valence-electron chi connectivity index (χ2n) is 7.28. The molecule has 0 unspecified atom stereocenters. The molecule has 11 heteroatoms. The summed E-state index contributed by atoms with van der Waals surface area (Å²) in [5.74, 6) is 0.0350. The fourth-order valence-electron chi connectivity index (χ4n) is 3.81. The van der Waals surface area contributed by atoms with Crippen LogP contribution in [0.15, 0.2) is 47.5 Å². The maximum Gasteiger partial charge on any atom is 0.253 e. The molecule has 0 saturated carbocycles. The van der Waals surface area contributed by atoms with Gasteiger partial charge < -0.3 is 20.5 Å². The van der Waals surface area contributed by atoms with E-state index in [0.717, 1.165) is 24.3 Å². The highest BCUT2D eigenvalue weighted by molar-refractivity contribution is 6.36. The summed E-state index contributed by atoms with van der Waals surface area (Å²) in [5, 5.41) is 15.9. The zero-order valence-corrected chi connectivity index (χ0v) is 17.6. The predicted molar refractivity (Wildman–Crippen MR) is 118 cm³/mol. The molecule has 1 atom stereocenters. The molecule has 158 valence electrons. The summed E-state index contributed by atoms with van der Waals surface area (Å²) in [7, 11) is 0. The van der Waals surface area contributed by atoms with Crippen molar-refractivity contribution in [3.63, 3.8) is 0 Å². The van der Waals surface area contributed by atoms with Crippen molar-refractivity contribution in [2.24, 2.45) is 0 Å². The number of nitrogens with two attached hydrogens (primary N) is 1. The molecule has 4 aromatic rings. The van der Waals surface area contributed by atoms with Crippen molar-refractivity contribution in [3.05, 3.63) is 58.6 Å². The van der Waals surface area contributed by atoms with Crippen LogP contribution in [0.3, 0.4) is 0 Å². The van der Waals surface area contributed by atoms with Crippen molar-refractivity contribution in [3.8, 4) is 5.69 Å². The molecule has 0 aliphatic carbocycles. The van der Waals surface area contributed by atoms with Crippen molar-refractivity contribution in [1.82, 2.24) is 25.2 Å². The molecule has 0 spiro atoms. The lowest BCUT2D eigenvalue weighted by Crippen LogP contribution is -2.37. The molecule has 0 radical (unpaired) electrons. The summed E-state index contributed by atoms with van der Waals surface area (Å²) in [6, 6.07) is 8.80. The number of hydrogen-bond donors (Lipinski definition) is 2. The molecule has 5 rings (SSSR count). The number of carbonyl (C=O) groups is 1. The minimum atomic E-state index is -0.225. The number of nitrogens with zero attached hydrogens (tertiary/aromatic N) is 5. The number of anilines is 2. The predicted octanol–water partition coefficient (Wildman–Crippen LogP) is 3.31. The number of amides is 1. The molecule has 1 amide bonds. The summed E-state index contributed by atoms with van der Waals surface area (Å²) in [6.45, 7) is 1.35. The molecule has 1 aliphatic rings.